The van der Waals surface area contributed by atoms with Crippen molar-refractivity contribution in [3.63, 3.8) is 0 Å². The molecular formula is C46H47BrO13. The van der Waals surface area contributed by atoms with Gasteiger partial charge >= 0.3 is 0 Å². The number of benzene rings is 4. The molecule has 0 fully saturated rings. The van der Waals surface area contributed by atoms with Crippen LogP contribution in [0.4, 0.5) is 0 Å². The fourth-order valence-electron chi connectivity index (χ4n) is 7.96. The van der Waals surface area contributed by atoms with Crippen molar-refractivity contribution in [2.75, 3.05) is 39.4 Å². The molecule has 4 atom stereocenters. The number of methoxy groups -OCH3 is 2. The van der Waals surface area contributed by atoms with E-state index < -0.39 is 24.0 Å². The van der Waals surface area contributed by atoms with E-state index in [2.05, 4.69) is 15.9 Å². The van der Waals surface area contributed by atoms with Crippen molar-refractivity contribution in [3.05, 3.63) is 116 Å². The second-order valence-electron chi connectivity index (χ2n) is 15.0. The Labute approximate surface area is 355 Å². The number of Topliss-reactive ketones (excluding diaryl/α,β-unsaturated/α-hetero) is 2. The summed E-state index contributed by atoms with van der Waals surface area (Å²) in [5.41, 5.74) is 6.34. The van der Waals surface area contributed by atoms with Crippen LogP contribution in [-0.2, 0) is 26.1 Å². The molecule has 0 unspecified atom stereocenters. The lowest BCUT2D eigenvalue weighted by Gasteiger charge is -2.38. The van der Waals surface area contributed by atoms with Gasteiger partial charge in [-0.2, -0.15) is 0 Å². The highest BCUT2D eigenvalue weighted by Gasteiger charge is 2.46. The zero-order valence-corrected chi connectivity index (χ0v) is 35.2. The van der Waals surface area contributed by atoms with Gasteiger partial charge < -0.3 is 54.0 Å². The average molecular weight is 888 g/mol. The Kier molecular flexibility index (Phi) is 12.8. The second kappa shape index (κ2) is 18.0. The number of aromatic hydroxyl groups is 2. The summed E-state index contributed by atoms with van der Waals surface area (Å²) >= 11 is 3.42. The zero-order valence-electron chi connectivity index (χ0n) is 33.6. The van der Waals surface area contributed by atoms with Crippen LogP contribution in [-0.4, -0.2) is 88.7 Å². The van der Waals surface area contributed by atoms with Crippen LogP contribution in [0.2, 0.25) is 0 Å². The normalized spacial score (nSPS) is 19.9. The summed E-state index contributed by atoms with van der Waals surface area (Å²) in [6.07, 6.45) is 3.52. The van der Waals surface area contributed by atoms with Crippen LogP contribution in [0.15, 0.2) is 71.8 Å². The topological polar surface area (TPSA) is 191 Å². The lowest BCUT2D eigenvalue weighted by Crippen LogP contribution is -2.43. The van der Waals surface area contributed by atoms with Crippen molar-refractivity contribution in [2.45, 2.75) is 63.9 Å². The first-order chi connectivity index (χ1) is 29.0. The molecule has 316 valence electrons. The summed E-state index contributed by atoms with van der Waals surface area (Å²) in [5, 5.41) is 49.9. The van der Waals surface area contributed by atoms with E-state index in [9.17, 15) is 35.1 Å². The van der Waals surface area contributed by atoms with Gasteiger partial charge in [-0.1, -0.05) is 39.2 Å². The Balaban J connectivity index is 0.000000181. The Bertz CT molecular complexity index is 2220. The van der Waals surface area contributed by atoms with Crippen LogP contribution in [0.3, 0.4) is 0 Å². The molecule has 60 heavy (non-hydrogen) atoms. The molecule has 4 aliphatic rings. The van der Waals surface area contributed by atoms with Crippen molar-refractivity contribution >= 4 is 27.5 Å². The van der Waals surface area contributed by atoms with Gasteiger partial charge in [-0.05, 0) is 75.2 Å². The smallest absolute Gasteiger partial charge is 0.178 e. The molecule has 0 aliphatic carbocycles. The van der Waals surface area contributed by atoms with Gasteiger partial charge in [0.15, 0.2) is 11.6 Å². The Morgan fingerprint density at radius 3 is 1.52 bits per heavy atom. The monoisotopic (exact) mass is 886 g/mol. The van der Waals surface area contributed by atoms with E-state index in [-0.39, 0.29) is 56.1 Å². The predicted molar refractivity (Wildman–Crippen MR) is 224 cm³/mol. The molecule has 8 rings (SSSR count). The second-order valence-corrected chi connectivity index (χ2v) is 15.6. The Hall–Kier alpha value is -5.54. The number of fused-ring (bicyclic) bond motifs is 8. The number of carbonyl (C=O) groups excluding carboxylic acids is 2. The van der Waals surface area contributed by atoms with Crippen molar-refractivity contribution in [1.82, 2.24) is 0 Å². The van der Waals surface area contributed by atoms with E-state index in [1.54, 1.807) is 55.5 Å². The molecule has 4 aliphatic heterocycles. The number of rotatable bonds is 10. The summed E-state index contributed by atoms with van der Waals surface area (Å²) in [6.45, 7) is 3.67. The molecule has 0 saturated carbocycles. The number of carbonyl (C=O) groups is 2. The maximum atomic E-state index is 13.5. The molecule has 14 heteroatoms. The summed E-state index contributed by atoms with van der Waals surface area (Å²) in [5.74, 6) is 1.67. The van der Waals surface area contributed by atoms with E-state index >= 15 is 0 Å². The molecule has 13 nitrogen and oxygen atoms in total. The molecule has 0 saturated heterocycles. The molecule has 4 aromatic carbocycles. The van der Waals surface area contributed by atoms with Crippen molar-refractivity contribution < 1.29 is 63.5 Å². The minimum Gasteiger partial charge on any atom is -0.508 e. The maximum Gasteiger partial charge on any atom is 0.178 e. The number of phenolic OH excluding ortho intramolecular Hbond substituents is 2. The van der Waals surface area contributed by atoms with Gasteiger partial charge in [-0.15, -0.1) is 0 Å². The number of aliphatic hydroxyl groups excluding tert-OH is 3. The van der Waals surface area contributed by atoms with Crippen molar-refractivity contribution in [2.24, 2.45) is 0 Å². The molecule has 0 bridgehead atoms. The van der Waals surface area contributed by atoms with E-state index in [0.717, 1.165) is 16.5 Å². The third-order valence-corrected chi connectivity index (χ3v) is 12.1. The van der Waals surface area contributed by atoms with Gasteiger partial charge in [0, 0.05) is 38.7 Å². The molecule has 0 amide bonds. The van der Waals surface area contributed by atoms with Crippen molar-refractivity contribution in [1.29, 1.82) is 0 Å². The van der Waals surface area contributed by atoms with Gasteiger partial charge in [-0.3, -0.25) is 9.59 Å². The molecule has 0 radical (unpaired) electrons. The summed E-state index contributed by atoms with van der Waals surface area (Å²) in [7, 11) is 3.03. The maximum absolute atomic E-state index is 13.5. The number of ketones is 2. The number of ether oxygens (including phenoxy) is 6. The van der Waals surface area contributed by atoms with Gasteiger partial charge in [-0.25, -0.2) is 0 Å². The number of phenols is 2. The van der Waals surface area contributed by atoms with E-state index in [0.29, 0.717) is 91.8 Å². The molecule has 4 heterocycles. The fourth-order valence-corrected chi connectivity index (χ4v) is 8.18. The van der Waals surface area contributed by atoms with Crippen LogP contribution >= 0.6 is 15.9 Å². The highest BCUT2D eigenvalue weighted by molar-refractivity contribution is 9.09. The zero-order chi connectivity index (χ0) is 42.8. The lowest BCUT2D eigenvalue weighted by atomic mass is 9.81. The van der Waals surface area contributed by atoms with Gasteiger partial charge in [0.05, 0.1) is 57.0 Å². The van der Waals surface area contributed by atoms with E-state index in [4.69, 9.17) is 28.4 Å². The Morgan fingerprint density at radius 1 is 0.700 bits per heavy atom. The van der Waals surface area contributed by atoms with Crippen LogP contribution < -0.4 is 28.4 Å². The first-order valence-electron chi connectivity index (χ1n) is 19.4. The number of allylic oxidation sites excluding steroid dienone is 3. The van der Waals surface area contributed by atoms with Gasteiger partial charge in [0.1, 0.15) is 71.4 Å². The van der Waals surface area contributed by atoms with E-state index in [1.165, 1.54) is 20.3 Å². The summed E-state index contributed by atoms with van der Waals surface area (Å²) in [6, 6.07) is 13.1. The predicted octanol–water partition coefficient (Wildman–Crippen LogP) is 6.39. The first-order valence-corrected chi connectivity index (χ1v) is 20.6. The quantitative estimate of drug-likeness (QED) is 0.0871. The summed E-state index contributed by atoms with van der Waals surface area (Å²) < 4.78 is 34.8. The first kappa shape index (κ1) is 42.6. The lowest BCUT2D eigenvalue weighted by molar-refractivity contribution is 0.0548. The SMILES string of the molecule is COc1cc2c(cc1CO)OC[C@H]1Oc3c(ccc(O)c3C/C=C(\C)CBr)C(=O)[C@@H]21.COc1cc2c(cc1CO)OC[C@H]1Oc3c(ccc(O)c3C/C=C(\C)CO)C(=O)[C@@H]21. The average Bonchev–Trinajstić information content (AvgIpc) is 3.26. The molecular weight excluding hydrogens is 840 g/mol. The third kappa shape index (κ3) is 7.92. The number of hydrogen-bond acceptors (Lipinski definition) is 13. The highest BCUT2D eigenvalue weighted by Crippen LogP contribution is 2.49. The van der Waals surface area contributed by atoms with Crippen LogP contribution in [0, 0.1) is 0 Å². The van der Waals surface area contributed by atoms with Crippen LogP contribution in [0.5, 0.6) is 46.0 Å². The highest BCUT2D eigenvalue weighted by atomic mass is 79.9. The fraction of sp³-hybridized carbons (Fsp3) is 0.348. The minimum atomic E-state index is -0.574. The molecule has 0 spiro atoms. The summed E-state index contributed by atoms with van der Waals surface area (Å²) in [4.78, 5) is 27.0. The molecule has 0 aromatic heterocycles. The van der Waals surface area contributed by atoms with Crippen molar-refractivity contribution in [3.8, 4) is 46.0 Å². The Morgan fingerprint density at radius 2 is 1.13 bits per heavy atom. The number of aliphatic hydroxyl groups is 3. The number of halogens is 1. The van der Waals surface area contributed by atoms with Gasteiger partial charge in [0.2, 0.25) is 0 Å². The standard InChI is InChI=1S/C23H23BrO6.C23H24O7/c2*1-12(9-24)3-4-14-17(26)6-5-15-22(27)21-16-8-18(28-2)13(10-25)7-19(16)29-11-20(21)30-23(14)15/h3,5-8,20-21,25-26H,4,9-11H2,1-2H3;3,5-8,20-21,24-26H,4,9-11H2,1-2H3/b2*12-3+/t2*20-,21+/m11/s1. The number of alkyl halides is 1. The van der Waals surface area contributed by atoms with E-state index in [1.807, 2.05) is 13.0 Å². The largest absolute Gasteiger partial charge is 0.508 e. The molecule has 4 aromatic rings. The van der Waals surface area contributed by atoms with Crippen LogP contribution in [0.1, 0.15) is 79.8 Å². The molecule has 5 N–H and O–H groups in total. The van der Waals surface area contributed by atoms with Gasteiger partial charge in [0.25, 0.3) is 0 Å². The third-order valence-electron chi connectivity index (χ3n) is 11.3. The van der Waals surface area contributed by atoms with Crippen LogP contribution in [0.25, 0.3) is 0 Å². The minimum absolute atomic E-state index is 0.0355. The number of hydrogen-bond donors (Lipinski definition) is 5.